The van der Waals surface area contributed by atoms with Crippen molar-refractivity contribution in [2.45, 2.75) is 56.7 Å². The Bertz CT molecular complexity index is 163. The van der Waals surface area contributed by atoms with E-state index in [9.17, 15) is 0 Å². The Labute approximate surface area is 81.7 Å². The van der Waals surface area contributed by atoms with Gasteiger partial charge in [0.2, 0.25) is 0 Å². The van der Waals surface area contributed by atoms with E-state index in [2.05, 4.69) is 24.3 Å². The summed E-state index contributed by atoms with van der Waals surface area (Å²) in [4.78, 5) is 2.63. The Kier molecular flexibility index (Phi) is 2.89. The Morgan fingerprint density at radius 3 is 2.38 bits per heavy atom. The van der Waals surface area contributed by atoms with Crippen LogP contribution in [0.4, 0.5) is 0 Å². The van der Waals surface area contributed by atoms with Gasteiger partial charge in [-0.15, -0.1) is 0 Å². The van der Waals surface area contributed by atoms with Gasteiger partial charge in [-0.05, 0) is 39.8 Å². The number of hydrogen-bond donors (Lipinski definition) is 1. The summed E-state index contributed by atoms with van der Waals surface area (Å²) in [5, 5.41) is 3.48. The van der Waals surface area contributed by atoms with Crippen LogP contribution in [0.3, 0.4) is 0 Å². The lowest BCUT2D eigenvalue weighted by molar-refractivity contribution is 0.147. The van der Waals surface area contributed by atoms with Crippen molar-refractivity contribution < 1.29 is 0 Å². The zero-order valence-corrected chi connectivity index (χ0v) is 8.92. The maximum atomic E-state index is 3.48. The molecular formula is C11H22N2. The molecule has 2 heteroatoms. The highest BCUT2D eigenvalue weighted by Crippen LogP contribution is 2.32. The third-order valence-corrected chi connectivity index (χ3v) is 3.75. The van der Waals surface area contributed by atoms with Crippen molar-refractivity contribution >= 4 is 0 Å². The van der Waals surface area contributed by atoms with E-state index >= 15 is 0 Å². The lowest BCUT2D eigenvalue weighted by Gasteiger charge is -2.38. The van der Waals surface area contributed by atoms with Crippen LogP contribution in [0.2, 0.25) is 0 Å². The van der Waals surface area contributed by atoms with Crippen LogP contribution >= 0.6 is 0 Å². The molecule has 1 N–H and O–H groups in total. The van der Waals surface area contributed by atoms with Gasteiger partial charge in [-0.3, -0.25) is 4.90 Å². The molecule has 0 aliphatic heterocycles. The van der Waals surface area contributed by atoms with Crippen molar-refractivity contribution in [3.05, 3.63) is 0 Å². The van der Waals surface area contributed by atoms with E-state index in [0.717, 1.165) is 18.1 Å². The van der Waals surface area contributed by atoms with Crippen LogP contribution < -0.4 is 5.32 Å². The molecule has 13 heavy (non-hydrogen) atoms. The summed E-state index contributed by atoms with van der Waals surface area (Å²) >= 11 is 0. The summed E-state index contributed by atoms with van der Waals surface area (Å²) < 4.78 is 0. The predicted molar refractivity (Wildman–Crippen MR) is 55.9 cm³/mol. The number of nitrogens with zero attached hydrogens (tertiary/aromatic N) is 1. The second-order valence-corrected chi connectivity index (χ2v) is 4.64. The summed E-state index contributed by atoms with van der Waals surface area (Å²) in [6.07, 6.45) is 8.49. The normalized spacial score (nSPS) is 35.3. The van der Waals surface area contributed by atoms with Crippen LogP contribution in [0.25, 0.3) is 0 Å². The molecule has 2 fully saturated rings. The fraction of sp³-hybridized carbons (Fsp3) is 1.00. The molecule has 0 aromatic rings. The molecule has 2 aliphatic rings. The highest BCUT2D eigenvalue weighted by atomic mass is 15.2. The molecular weight excluding hydrogens is 160 g/mol. The highest BCUT2D eigenvalue weighted by molar-refractivity contribution is 4.93. The fourth-order valence-corrected chi connectivity index (χ4v) is 2.69. The Morgan fingerprint density at radius 2 is 1.77 bits per heavy atom. The van der Waals surface area contributed by atoms with E-state index in [0.29, 0.717) is 0 Å². The van der Waals surface area contributed by atoms with E-state index in [1.807, 2.05) is 0 Å². The van der Waals surface area contributed by atoms with Crippen molar-refractivity contribution in [2.24, 2.45) is 0 Å². The average molecular weight is 182 g/mol. The molecule has 2 atom stereocenters. The first-order valence-electron chi connectivity index (χ1n) is 5.72. The minimum absolute atomic E-state index is 0.749. The van der Waals surface area contributed by atoms with Crippen LogP contribution in [0.1, 0.15) is 38.5 Å². The summed E-state index contributed by atoms with van der Waals surface area (Å²) in [5.74, 6) is 0. The SMILES string of the molecule is CN[C@@H]1CCCC[C@H]1N(C)C1CC1. The lowest BCUT2D eigenvalue weighted by atomic mass is 9.89. The molecule has 2 aliphatic carbocycles. The summed E-state index contributed by atoms with van der Waals surface area (Å²) in [7, 11) is 4.43. The zero-order valence-electron chi connectivity index (χ0n) is 8.92. The standard InChI is InChI=1S/C11H22N2/c1-12-10-5-3-4-6-11(10)13(2)9-7-8-9/h9-12H,3-8H2,1-2H3/t10-,11-/m1/s1. The molecule has 2 nitrogen and oxygen atoms in total. The molecule has 76 valence electrons. The van der Waals surface area contributed by atoms with Crippen LogP contribution in [0.5, 0.6) is 0 Å². The van der Waals surface area contributed by atoms with Crippen LogP contribution in [0.15, 0.2) is 0 Å². The lowest BCUT2D eigenvalue weighted by Crippen LogP contribution is -2.50. The molecule has 0 unspecified atom stereocenters. The molecule has 0 radical (unpaired) electrons. The zero-order chi connectivity index (χ0) is 9.26. The van der Waals surface area contributed by atoms with Gasteiger partial charge in [-0.2, -0.15) is 0 Å². The average Bonchev–Trinajstić information content (AvgIpc) is 3.00. The van der Waals surface area contributed by atoms with E-state index in [1.54, 1.807) is 0 Å². The second kappa shape index (κ2) is 3.97. The van der Waals surface area contributed by atoms with Crippen LogP contribution in [-0.2, 0) is 0 Å². The minimum atomic E-state index is 0.749. The van der Waals surface area contributed by atoms with Crippen molar-refractivity contribution in [1.82, 2.24) is 10.2 Å². The topological polar surface area (TPSA) is 15.3 Å². The van der Waals surface area contributed by atoms with Gasteiger partial charge in [0.25, 0.3) is 0 Å². The maximum Gasteiger partial charge on any atom is 0.0249 e. The van der Waals surface area contributed by atoms with Gasteiger partial charge in [0.05, 0.1) is 0 Å². The summed E-state index contributed by atoms with van der Waals surface area (Å²) in [6.45, 7) is 0. The molecule has 2 saturated carbocycles. The number of hydrogen-bond acceptors (Lipinski definition) is 2. The van der Waals surface area contributed by atoms with Gasteiger partial charge in [-0.1, -0.05) is 12.8 Å². The quantitative estimate of drug-likeness (QED) is 0.713. The first-order valence-corrected chi connectivity index (χ1v) is 5.72. The molecule has 0 bridgehead atoms. The van der Waals surface area contributed by atoms with Gasteiger partial charge in [0.15, 0.2) is 0 Å². The monoisotopic (exact) mass is 182 g/mol. The van der Waals surface area contributed by atoms with Crippen molar-refractivity contribution in [1.29, 1.82) is 0 Å². The van der Waals surface area contributed by atoms with E-state index in [4.69, 9.17) is 0 Å². The van der Waals surface area contributed by atoms with E-state index in [-0.39, 0.29) is 0 Å². The van der Waals surface area contributed by atoms with Crippen LogP contribution in [-0.4, -0.2) is 37.1 Å². The fourth-order valence-electron chi connectivity index (χ4n) is 2.69. The van der Waals surface area contributed by atoms with Crippen molar-refractivity contribution in [2.75, 3.05) is 14.1 Å². The van der Waals surface area contributed by atoms with Gasteiger partial charge < -0.3 is 5.32 Å². The molecule has 0 aromatic carbocycles. The number of likely N-dealkylation sites (N-methyl/N-ethyl adjacent to an activating group) is 2. The molecule has 2 rings (SSSR count). The summed E-state index contributed by atoms with van der Waals surface area (Å²) in [6, 6.07) is 2.48. The van der Waals surface area contributed by atoms with Crippen LogP contribution in [0, 0.1) is 0 Å². The third-order valence-electron chi connectivity index (χ3n) is 3.75. The van der Waals surface area contributed by atoms with Crippen molar-refractivity contribution in [3.8, 4) is 0 Å². The van der Waals surface area contributed by atoms with Gasteiger partial charge >= 0.3 is 0 Å². The third kappa shape index (κ3) is 2.05. The summed E-state index contributed by atoms with van der Waals surface area (Å²) in [5.41, 5.74) is 0. The number of rotatable bonds is 3. The Morgan fingerprint density at radius 1 is 1.08 bits per heavy atom. The highest BCUT2D eigenvalue weighted by Gasteiger charge is 2.35. The molecule has 0 spiro atoms. The first kappa shape index (κ1) is 9.47. The second-order valence-electron chi connectivity index (χ2n) is 4.64. The van der Waals surface area contributed by atoms with Gasteiger partial charge in [0.1, 0.15) is 0 Å². The molecule has 0 aromatic heterocycles. The maximum absolute atomic E-state index is 3.48. The Balaban J connectivity index is 1.92. The van der Waals surface area contributed by atoms with E-state index < -0.39 is 0 Å². The molecule has 0 heterocycles. The van der Waals surface area contributed by atoms with Crippen molar-refractivity contribution in [3.63, 3.8) is 0 Å². The minimum Gasteiger partial charge on any atom is -0.315 e. The van der Waals surface area contributed by atoms with Gasteiger partial charge in [0, 0.05) is 18.1 Å². The molecule has 0 saturated heterocycles. The number of nitrogens with one attached hydrogen (secondary N) is 1. The largest absolute Gasteiger partial charge is 0.315 e. The molecule has 0 amide bonds. The smallest absolute Gasteiger partial charge is 0.0249 e. The first-order chi connectivity index (χ1) is 6.33. The van der Waals surface area contributed by atoms with Gasteiger partial charge in [-0.25, -0.2) is 0 Å². The predicted octanol–water partition coefficient (Wildman–Crippen LogP) is 1.61. The van der Waals surface area contributed by atoms with E-state index in [1.165, 1.54) is 38.5 Å². The Hall–Kier alpha value is -0.0800.